The van der Waals surface area contributed by atoms with E-state index in [0.717, 1.165) is 24.9 Å². The second-order valence-corrected chi connectivity index (χ2v) is 5.48. The first-order chi connectivity index (χ1) is 10.1. The third kappa shape index (κ3) is 4.30. The lowest BCUT2D eigenvalue weighted by Gasteiger charge is -2.23. The van der Waals surface area contributed by atoms with E-state index in [-0.39, 0.29) is 11.9 Å². The van der Waals surface area contributed by atoms with Crippen molar-refractivity contribution in [3.05, 3.63) is 65.5 Å². The van der Waals surface area contributed by atoms with Crippen LogP contribution in [0.4, 0.5) is 10.1 Å². The maximum atomic E-state index is 13.0. The third-order valence-corrected chi connectivity index (χ3v) is 3.74. The van der Waals surface area contributed by atoms with Gasteiger partial charge in [0, 0.05) is 25.3 Å². The molecule has 21 heavy (non-hydrogen) atoms. The first-order valence-corrected chi connectivity index (χ1v) is 7.39. The molecule has 2 rings (SSSR count). The summed E-state index contributed by atoms with van der Waals surface area (Å²) in [7, 11) is 2.06. The topological polar surface area (TPSA) is 29.3 Å². The summed E-state index contributed by atoms with van der Waals surface area (Å²) in [6.07, 6.45) is 1.84. The summed E-state index contributed by atoms with van der Waals surface area (Å²) in [6, 6.07) is 15.2. The minimum atomic E-state index is -0.198. The van der Waals surface area contributed by atoms with E-state index >= 15 is 0 Å². The quantitative estimate of drug-likeness (QED) is 0.876. The van der Waals surface area contributed by atoms with Crippen molar-refractivity contribution >= 4 is 5.69 Å². The lowest BCUT2D eigenvalue weighted by atomic mass is 10.0. The summed E-state index contributed by atoms with van der Waals surface area (Å²) in [5.41, 5.74) is 9.62. The zero-order valence-electron chi connectivity index (χ0n) is 12.7. The van der Waals surface area contributed by atoms with Gasteiger partial charge in [0.1, 0.15) is 5.82 Å². The Hall–Kier alpha value is -1.87. The highest BCUT2D eigenvalue weighted by Gasteiger charge is 2.10. The molecule has 0 amide bonds. The van der Waals surface area contributed by atoms with Gasteiger partial charge < -0.3 is 10.6 Å². The van der Waals surface area contributed by atoms with Gasteiger partial charge in [-0.15, -0.1) is 0 Å². The van der Waals surface area contributed by atoms with Crippen molar-refractivity contribution in [2.24, 2.45) is 5.73 Å². The molecule has 0 bridgehead atoms. The molecule has 0 radical (unpaired) electrons. The van der Waals surface area contributed by atoms with Gasteiger partial charge in [-0.1, -0.05) is 37.3 Å². The van der Waals surface area contributed by atoms with Crippen LogP contribution in [0.15, 0.2) is 48.5 Å². The molecule has 3 heteroatoms. The Kier molecular flexibility index (Phi) is 5.34. The molecule has 0 spiro atoms. The van der Waals surface area contributed by atoms with Crippen molar-refractivity contribution in [1.29, 1.82) is 0 Å². The average Bonchev–Trinajstić information content (AvgIpc) is 2.50. The van der Waals surface area contributed by atoms with Gasteiger partial charge >= 0.3 is 0 Å². The van der Waals surface area contributed by atoms with Crippen LogP contribution >= 0.6 is 0 Å². The van der Waals surface area contributed by atoms with Crippen LogP contribution in [0.1, 0.15) is 24.5 Å². The largest absolute Gasteiger partial charge is 0.370 e. The van der Waals surface area contributed by atoms with Crippen molar-refractivity contribution in [3.63, 3.8) is 0 Å². The summed E-state index contributed by atoms with van der Waals surface area (Å²) in [5, 5.41) is 0. The molecule has 0 aliphatic carbocycles. The number of rotatable bonds is 6. The Morgan fingerprint density at radius 3 is 2.43 bits per heavy atom. The molecule has 0 heterocycles. The van der Waals surface area contributed by atoms with Gasteiger partial charge in [-0.3, -0.25) is 0 Å². The molecule has 0 saturated carbocycles. The molecule has 2 nitrogen and oxygen atoms in total. The van der Waals surface area contributed by atoms with Crippen molar-refractivity contribution in [3.8, 4) is 0 Å². The van der Waals surface area contributed by atoms with Crippen molar-refractivity contribution < 1.29 is 4.39 Å². The minimum Gasteiger partial charge on any atom is -0.370 e. The van der Waals surface area contributed by atoms with Crippen molar-refractivity contribution in [1.82, 2.24) is 0 Å². The van der Waals surface area contributed by atoms with E-state index in [0.29, 0.717) is 0 Å². The van der Waals surface area contributed by atoms with Gasteiger partial charge in [0.2, 0.25) is 0 Å². The third-order valence-electron chi connectivity index (χ3n) is 3.74. The van der Waals surface area contributed by atoms with E-state index in [9.17, 15) is 4.39 Å². The highest BCUT2D eigenvalue weighted by Crippen LogP contribution is 2.22. The molecule has 0 aliphatic heterocycles. The molecule has 0 aromatic heterocycles. The summed E-state index contributed by atoms with van der Waals surface area (Å²) >= 11 is 0. The number of anilines is 1. The van der Waals surface area contributed by atoms with Gasteiger partial charge in [-0.2, -0.15) is 0 Å². The van der Waals surface area contributed by atoms with E-state index in [1.165, 1.54) is 23.4 Å². The average molecular weight is 286 g/mol. The monoisotopic (exact) mass is 286 g/mol. The van der Waals surface area contributed by atoms with Crippen LogP contribution in [0, 0.1) is 5.82 Å². The number of benzene rings is 2. The summed E-state index contributed by atoms with van der Waals surface area (Å²) < 4.78 is 13.0. The number of nitrogens with zero attached hydrogens (tertiary/aromatic N) is 1. The molecular formula is C18H23FN2. The van der Waals surface area contributed by atoms with Crippen LogP contribution in [-0.4, -0.2) is 13.1 Å². The summed E-state index contributed by atoms with van der Waals surface area (Å²) in [6.45, 7) is 2.86. The van der Waals surface area contributed by atoms with Crippen LogP contribution in [0.5, 0.6) is 0 Å². The van der Waals surface area contributed by atoms with E-state index in [2.05, 4.69) is 31.0 Å². The van der Waals surface area contributed by atoms with Crippen LogP contribution in [0.25, 0.3) is 0 Å². The van der Waals surface area contributed by atoms with Crippen LogP contribution in [0.3, 0.4) is 0 Å². The fourth-order valence-corrected chi connectivity index (χ4v) is 2.43. The lowest BCUT2D eigenvalue weighted by molar-refractivity contribution is 0.626. The van der Waals surface area contributed by atoms with E-state index in [1.54, 1.807) is 0 Å². The molecule has 112 valence electrons. The second-order valence-electron chi connectivity index (χ2n) is 5.48. The zero-order valence-corrected chi connectivity index (χ0v) is 12.7. The molecule has 2 aromatic carbocycles. The number of nitrogens with two attached hydrogens (primary N) is 1. The predicted molar refractivity (Wildman–Crippen MR) is 86.9 cm³/mol. The highest BCUT2D eigenvalue weighted by atomic mass is 19.1. The number of para-hydroxylation sites is 1. The first-order valence-electron chi connectivity index (χ1n) is 7.39. The van der Waals surface area contributed by atoms with Crippen molar-refractivity contribution in [2.75, 3.05) is 11.9 Å². The van der Waals surface area contributed by atoms with E-state index in [1.807, 2.05) is 24.3 Å². The van der Waals surface area contributed by atoms with Crippen molar-refractivity contribution in [2.45, 2.75) is 32.4 Å². The fraction of sp³-hybridized carbons (Fsp3) is 0.333. The van der Waals surface area contributed by atoms with Crippen LogP contribution in [0.2, 0.25) is 0 Å². The predicted octanol–water partition coefficient (Wildman–Crippen LogP) is 3.74. The smallest absolute Gasteiger partial charge is 0.123 e. The van der Waals surface area contributed by atoms with Gasteiger partial charge in [0.25, 0.3) is 0 Å². The Bertz CT molecular complexity index is 566. The van der Waals surface area contributed by atoms with E-state index in [4.69, 9.17) is 5.73 Å². The number of hydrogen-bond donors (Lipinski definition) is 1. The summed E-state index contributed by atoms with van der Waals surface area (Å²) in [4.78, 5) is 2.19. The normalized spacial score (nSPS) is 12.2. The van der Waals surface area contributed by atoms with Gasteiger partial charge in [0.15, 0.2) is 0 Å². The number of hydrogen-bond acceptors (Lipinski definition) is 2. The fourth-order valence-electron chi connectivity index (χ4n) is 2.43. The Labute approximate surface area is 126 Å². The van der Waals surface area contributed by atoms with Crippen LogP contribution < -0.4 is 10.6 Å². The minimum absolute atomic E-state index is 0.186. The Morgan fingerprint density at radius 2 is 1.76 bits per heavy atom. The SMILES string of the molecule is CCC(N)Cc1ccccc1N(C)Cc1ccc(F)cc1. The Balaban J connectivity index is 2.14. The molecule has 2 aromatic rings. The maximum absolute atomic E-state index is 13.0. The molecule has 0 fully saturated rings. The molecule has 1 atom stereocenters. The standard InChI is InChI=1S/C18H23FN2/c1-3-17(20)12-15-6-4-5-7-18(15)21(2)13-14-8-10-16(19)11-9-14/h4-11,17H,3,12-13,20H2,1-2H3. The molecule has 0 saturated heterocycles. The molecule has 1 unspecified atom stereocenters. The molecular weight excluding hydrogens is 263 g/mol. The van der Waals surface area contributed by atoms with Gasteiger partial charge in [0.05, 0.1) is 0 Å². The van der Waals surface area contributed by atoms with E-state index < -0.39 is 0 Å². The number of halogens is 1. The van der Waals surface area contributed by atoms with Crippen LogP contribution in [-0.2, 0) is 13.0 Å². The van der Waals surface area contributed by atoms with Gasteiger partial charge in [-0.25, -0.2) is 4.39 Å². The Morgan fingerprint density at radius 1 is 1.10 bits per heavy atom. The van der Waals surface area contributed by atoms with Gasteiger partial charge in [-0.05, 0) is 42.2 Å². The lowest BCUT2D eigenvalue weighted by Crippen LogP contribution is -2.24. The molecule has 2 N–H and O–H groups in total. The first kappa shape index (κ1) is 15.5. The second kappa shape index (κ2) is 7.23. The molecule has 0 aliphatic rings. The zero-order chi connectivity index (χ0) is 15.2. The highest BCUT2D eigenvalue weighted by molar-refractivity contribution is 5.53. The summed E-state index contributed by atoms with van der Waals surface area (Å²) in [5.74, 6) is -0.198. The maximum Gasteiger partial charge on any atom is 0.123 e.